The number of hydrogen-bond donors (Lipinski definition) is 1. The Balaban J connectivity index is 1.12. The zero-order valence-corrected chi connectivity index (χ0v) is 25.8. The van der Waals surface area contributed by atoms with E-state index < -0.39 is 17.7 Å². The Bertz CT molecular complexity index is 1590. The van der Waals surface area contributed by atoms with Gasteiger partial charge in [0.25, 0.3) is 0 Å². The van der Waals surface area contributed by atoms with Crippen LogP contribution in [0.3, 0.4) is 0 Å². The van der Waals surface area contributed by atoms with E-state index in [9.17, 15) is 19.6 Å². The van der Waals surface area contributed by atoms with Crippen LogP contribution in [0.2, 0.25) is 0 Å². The Morgan fingerprint density at radius 3 is 2.56 bits per heavy atom. The van der Waals surface area contributed by atoms with Gasteiger partial charge in [-0.2, -0.15) is 5.26 Å². The molecule has 13 heteroatoms. The number of nitrogens with one attached hydrogen (secondary N) is 1. The highest BCUT2D eigenvalue weighted by Crippen LogP contribution is 2.56. The van der Waals surface area contributed by atoms with E-state index in [1.807, 2.05) is 11.9 Å². The molecule has 2 aromatic rings. The van der Waals surface area contributed by atoms with Gasteiger partial charge in [0.1, 0.15) is 29.1 Å². The van der Waals surface area contributed by atoms with Crippen molar-refractivity contribution in [2.75, 3.05) is 75.0 Å². The average molecular weight is 616 g/mol. The van der Waals surface area contributed by atoms with Crippen molar-refractivity contribution in [2.24, 2.45) is 5.41 Å². The Hall–Kier alpha value is -4.15. The first kappa shape index (κ1) is 29.6. The van der Waals surface area contributed by atoms with Gasteiger partial charge in [-0.3, -0.25) is 24.7 Å². The number of nitrogens with zero attached hydrogens (tertiary/aromatic N) is 8. The first-order valence-corrected chi connectivity index (χ1v) is 15.7. The molecule has 1 aliphatic carbocycles. The Kier molecular flexibility index (Phi) is 7.24. The molecular formula is C32H38FN9O3. The van der Waals surface area contributed by atoms with Crippen LogP contribution < -0.4 is 15.1 Å². The minimum absolute atomic E-state index is 0.0671. The Labute approximate surface area is 261 Å². The summed E-state index contributed by atoms with van der Waals surface area (Å²) in [6.45, 7) is 5.47. The van der Waals surface area contributed by atoms with Gasteiger partial charge in [0.15, 0.2) is 6.29 Å². The molecule has 3 amide bonds. The number of carbonyl (C=O) groups excluding carboxylic acids is 3. The molecule has 236 valence electrons. The fraction of sp³-hybridized carbons (Fsp3) is 0.562. The lowest BCUT2D eigenvalue weighted by atomic mass is 9.68. The van der Waals surface area contributed by atoms with Crippen molar-refractivity contribution in [2.45, 2.75) is 50.4 Å². The van der Waals surface area contributed by atoms with E-state index in [4.69, 9.17) is 0 Å². The lowest BCUT2D eigenvalue weighted by Gasteiger charge is -2.52. The minimum Gasteiger partial charge on any atom is -0.370 e. The molecule has 0 aromatic carbocycles. The van der Waals surface area contributed by atoms with E-state index in [2.05, 4.69) is 38.2 Å². The van der Waals surface area contributed by atoms with Crippen LogP contribution in [0.4, 0.5) is 26.5 Å². The van der Waals surface area contributed by atoms with Crippen LogP contribution in [-0.2, 0) is 17.0 Å². The van der Waals surface area contributed by atoms with Crippen LogP contribution in [0.1, 0.15) is 59.3 Å². The van der Waals surface area contributed by atoms with Gasteiger partial charge >= 0.3 is 6.03 Å². The van der Waals surface area contributed by atoms with E-state index in [1.54, 1.807) is 17.0 Å². The summed E-state index contributed by atoms with van der Waals surface area (Å²) in [6.07, 6.45) is 5.59. The second kappa shape index (κ2) is 11.0. The fourth-order valence-electron chi connectivity index (χ4n) is 7.84. The molecule has 12 nitrogen and oxygen atoms in total. The van der Waals surface area contributed by atoms with Gasteiger partial charge in [0, 0.05) is 81.5 Å². The van der Waals surface area contributed by atoms with Crippen LogP contribution in [-0.4, -0.2) is 109 Å². The molecule has 1 saturated carbocycles. The van der Waals surface area contributed by atoms with Crippen LogP contribution in [0.25, 0.3) is 0 Å². The molecule has 2 bridgehead atoms. The predicted molar refractivity (Wildman–Crippen MR) is 165 cm³/mol. The Morgan fingerprint density at radius 2 is 1.89 bits per heavy atom. The van der Waals surface area contributed by atoms with Crippen molar-refractivity contribution >= 4 is 35.5 Å². The highest BCUT2D eigenvalue weighted by Gasteiger charge is 2.57. The summed E-state index contributed by atoms with van der Waals surface area (Å²) in [7, 11) is 4.04. The summed E-state index contributed by atoms with van der Waals surface area (Å²) in [5.74, 6) is 0.334. The summed E-state index contributed by atoms with van der Waals surface area (Å²) in [5, 5.41) is 12.7. The highest BCUT2D eigenvalue weighted by molar-refractivity contribution is 6.03. The van der Waals surface area contributed by atoms with Crippen LogP contribution in [0.5, 0.6) is 0 Å². The number of alkyl halides is 1. The second-order valence-corrected chi connectivity index (χ2v) is 13.6. The highest BCUT2D eigenvalue weighted by atomic mass is 19.1. The maximum atomic E-state index is 16.0. The number of hydrogen-bond acceptors (Lipinski definition) is 9. The zero-order valence-electron chi connectivity index (χ0n) is 25.8. The summed E-state index contributed by atoms with van der Waals surface area (Å²) < 4.78 is 16.0. The number of rotatable bonds is 5. The topological polar surface area (TPSA) is 129 Å². The smallest absolute Gasteiger partial charge is 0.328 e. The normalized spacial score (nSPS) is 26.0. The SMILES string of the molecule is CN1CCN(Cc2cc3c(nc2C=O)N(C(=O)Nc2cc(N4CCC5(CCN(C)C5)CC4)c(C#N)cn2)C2CC3(F)C2)C(=O)C1. The van der Waals surface area contributed by atoms with Crippen molar-refractivity contribution in [1.29, 1.82) is 5.26 Å². The number of piperidine rings is 1. The number of likely N-dealkylation sites (N-methyl/N-ethyl adjacent to an activating group) is 1. The maximum absolute atomic E-state index is 16.0. The molecule has 0 unspecified atom stereocenters. The predicted octanol–water partition coefficient (Wildman–Crippen LogP) is 2.74. The van der Waals surface area contributed by atoms with Crippen molar-refractivity contribution in [3.8, 4) is 6.07 Å². The third-order valence-corrected chi connectivity index (χ3v) is 10.5. The Morgan fingerprint density at radius 1 is 1.13 bits per heavy atom. The number of aromatic nitrogens is 2. The first-order valence-electron chi connectivity index (χ1n) is 15.7. The van der Waals surface area contributed by atoms with Crippen molar-refractivity contribution in [1.82, 2.24) is 24.7 Å². The lowest BCUT2D eigenvalue weighted by Crippen LogP contribution is -2.60. The summed E-state index contributed by atoms with van der Waals surface area (Å²) >= 11 is 0. The number of carbonyl (C=O) groups is 3. The molecule has 4 fully saturated rings. The molecule has 0 radical (unpaired) electrons. The van der Waals surface area contributed by atoms with Crippen LogP contribution in [0.15, 0.2) is 18.3 Å². The largest absolute Gasteiger partial charge is 0.370 e. The first-order chi connectivity index (χ1) is 21.6. The van der Waals surface area contributed by atoms with E-state index in [1.165, 1.54) is 17.5 Å². The number of pyridine rings is 2. The third kappa shape index (κ3) is 5.19. The van der Waals surface area contributed by atoms with Crippen LogP contribution in [0, 0.1) is 16.7 Å². The summed E-state index contributed by atoms with van der Waals surface area (Å²) in [4.78, 5) is 56.9. The second-order valence-electron chi connectivity index (χ2n) is 13.6. The lowest BCUT2D eigenvalue weighted by molar-refractivity contribution is -0.136. The number of urea groups is 1. The van der Waals surface area contributed by atoms with Gasteiger partial charge in [-0.15, -0.1) is 0 Å². The van der Waals surface area contributed by atoms with Crippen molar-refractivity contribution in [3.63, 3.8) is 0 Å². The average Bonchev–Trinajstić information content (AvgIpc) is 3.37. The van der Waals surface area contributed by atoms with Gasteiger partial charge in [0.05, 0.1) is 17.8 Å². The number of nitriles is 1. The quantitative estimate of drug-likeness (QED) is 0.505. The zero-order chi connectivity index (χ0) is 31.5. The maximum Gasteiger partial charge on any atom is 0.328 e. The third-order valence-electron chi connectivity index (χ3n) is 10.5. The number of likely N-dealkylation sites (tertiary alicyclic amines) is 1. The fourth-order valence-corrected chi connectivity index (χ4v) is 7.84. The van der Waals surface area contributed by atoms with Gasteiger partial charge in [-0.05, 0) is 51.4 Å². The van der Waals surface area contributed by atoms with Gasteiger partial charge in [0.2, 0.25) is 5.91 Å². The molecule has 3 saturated heterocycles. The molecule has 6 aliphatic rings. The monoisotopic (exact) mass is 615 g/mol. The minimum atomic E-state index is -1.65. The molecule has 8 rings (SSSR count). The van der Waals surface area contributed by atoms with E-state index in [0.717, 1.165) is 44.7 Å². The molecule has 45 heavy (non-hydrogen) atoms. The molecule has 5 aliphatic heterocycles. The molecule has 0 atom stereocenters. The number of halogens is 1. The van der Waals surface area contributed by atoms with Gasteiger partial charge in [-0.1, -0.05) is 0 Å². The molecule has 7 heterocycles. The van der Waals surface area contributed by atoms with Crippen molar-refractivity contribution in [3.05, 3.63) is 40.7 Å². The van der Waals surface area contributed by atoms with E-state index in [-0.39, 0.29) is 54.7 Å². The summed E-state index contributed by atoms with van der Waals surface area (Å²) in [6, 6.07) is 4.64. The molecule has 1 N–H and O–H groups in total. The number of amides is 3. The number of piperazine rings is 1. The summed E-state index contributed by atoms with van der Waals surface area (Å²) in [5.41, 5.74) is 0.667. The van der Waals surface area contributed by atoms with E-state index in [0.29, 0.717) is 35.9 Å². The number of aldehydes is 1. The van der Waals surface area contributed by atoms with Gasteiger partial charge in [-0.25, -0.2) is 19.2 Å². The van der Waals surface area contributed by atoms with E-state index >= 15 is 4.39 Å². The molecule has 1 spiro atoms. The standard InChI is InChI=1S/C32H38FN9O3/c1-38-9-10-41(28(44)18-38)17-21-11-24-29(36-25(21)19-43)42(23-13-32(24,33)14-23)30(45)37-27-12-26(22(15-34)16-35-27)40-7-4-31(5-8-40)3-6-39(2)20-31/h11-12,16,19,23H,3-10,13-14,17-18,20H2,1-2H3,(H,35,37,45). The number of anilines is 3. The van der Waals surface area contributed by atoms with Crippen LogP contribution >= 0.6 is 0 Å². The van der Waals surface area contributed by atoms with Crippen molar-refractivity contribution < 1.29 is 18.8 Å². The molecule has 2 aromatic heterocycles. The van der Waals surface area contributed by atoms with Gasteiger partial charge < -0.3 is 14.7 Å². The molecular weight excluding hydrogens is 577 g/mol.